The topological polar surface area (TPSA) is 77.2 Å². The van der Waals surface area contributed by atoms with Gasteiger partial charge in [-0.2, -0.15) is 0 Å². The van der Waals surface area contributed by atoms with Gasteiger partial charge in [-0.1, -0.05) is 5.16 Å². The first kappa shape index (κ1) is 14.2. The van der Waals surface area contributed by atoms with Crippen molar-refractivity contribution in [1.82, 2.24) is 15.5 Å². The predicted octanol–water partition coefficient (Wildman–Crippen LogP) is 1.58. The van der Waals surface area contributed by atoms with Gasteiger partial charge in [0.15, 0.2) is 11.5 Å². The van der Waals surface area contributed by atoms with Gasteiger partial charge in [-0.25, -0.2) is 4.79 Å². The molecule has 0 bridgehead atoms. The lowest BCUT2D eigenvalue weighted by Gasteiger charge is -2.01. The molecule has 0 aliphatic heterocycles. The maximum Gasteiger partial charge on any atom is 0.360 e. The lowest BCUT2D eigenvalue weighted by atomic mass is 10.2. The summed E-state index contributed by atoms with van der Waals surface area (Å²) in [6.45, 7) is 3.40. The van der Waals surface area contributed by atoms with E-state index in [-0.39, 0.29) is 5.69 Å². The van der Waals surface area contributed by atoms with E-state index in [0.29, 0.717) is 18.9 Å². The van der Waals surface area contributed by atoms with Gasteiger partial charge in [0.25, 0.3) is 0 Å². The summed E-state index contributed by atoms with van der Waals surface area (Å²) in [6.07, 6.45) is 4.45. The summed E-state index contributed by atoms with van der Waals surface area (Å²) in [5.74, 6) is 0.155. The monoisotopic (exact) mass is 275 g/mol. The second-order valence-corrected chi connectivity index (χ2v) is 4.18. The SMILES string of the molecule is CCOC(=O)c1cc(CNCCc2ccncc2)on1. The maximum atomic E-state index is 11.4. The summed E-state index contributed by atoms with van der Waals surface area (Å²) in [4.78, 5) is 15.4. The number of carbonyl (C=O) groups is 1. The van der Waals surface area contributed by atoms with Gasteiger partial charge in [-0.3, -0.25) is 4.98 Å². The van der Waals surface area contributed by atoms with Crippen LogP contribution in [0.1, 0.15) is 28.7 Å². The molecular weight excluding hydrogens is 258 g/mol. The van der Waals surface area contributed by atoms with E-state index in [1.165, 1.54) is 5.56 Å². The van der Waals surface area contributed by atoms with Crippen molar-refractivity contribution in [3.8, 4) is 0 Å². The van der Waals surface area contributed by atoms with E-state index in [0.717, 1.165) is 13.0 Å². The van der Waals surface area contributed by atoms with Gasteiger partial charge in [-0.15, -0.1) is 0 Å². The molecule has 0 atom stereocenters. The largest absolute Gasteiger partial charge is 0.461 e. The highest BCUT2D eigenvalue weighted by Gasteiger charge is 2.12. The molecule has 0 amide bonds. The third kappa shape index (κ3) is 4.17. The van der Waals surface area contributed by atoms with Crippen LogP contribution in [0.2, 0.25) is 0 Å². The van der Waals surface area contributed by atoms with Gasteiger partial charge in [0, 0.05) is 18.5 Å². The van der Waals surface area contributed by atoms with Crippen molar-refractivity contribution in [2.75, 3.05) is 13.2 Å². The minimum atomic E-state index is -0.459. The molecule has 2 aromatic rings. The highest BCUT2D eigenvalue weighted by molar-refractivity contribution is 5.87. The van der Waals surface area contributed by atoms with Gasteiger partial charge in [-0.05, 0) is 37.6 Å². The molecule has 2 rings (SSSR count). The van der Waals surface area contributed by atoms with Crippen LogP contribution in [0.4, 0.5) is 0 Å². The Morgan fingerprint density at radius 1 is 1.40 bits per heavy atom. The molecule has 2 heterocycles. The Kier molecular flexibility index (Phi) is 5.25. The molecule has 0 aliphatic rings. The van der Waals surface area contributed by atoms with Gasteiger partial charge >= 0.3 is 5.97 Å². The summed E-state index contributed by atoms with van der Waals surface area (Å²) >= 11 is 0. The molecule has 6 nitrogen and oxygen atoms in total. The van der Waals surface area contributed by atoms with Crippen LogP contribution in [-0.4, -0.2) is 29.3 Å². The first-order chi connectivity index (χ1) is 9.79. The number of carbonyl (C=O) groups excluding carboxylic acids is 1. The van der Waals surface area contributed by atoms with Gasteiger partial charge in [0.05, 0.1) is 13.2 Å². The number of pyridine rings is 1. The molecule has 20 heavy (non-hydrogen) atoms. The van der Waals surface area contributed by atoms with Crippen LogP contribution < -0.4 is 5.32 Å². The number of esters is 1. The molecule has 1 N–H and O–H groups in total. The van der Waals surface area contributed by atoms with E-state index < -0.39 is 5.97 Å². The zero-order chi connectivity index (χ0) is 14.2. The number of ether oxygens (including phenoxy) is 1. The minimum Gasteiger partial charge on any atom is -0.461 e. The van der Waals surface area contributed by atoms with Gasteiger partial charge in [0.1, 0.15) is 0 Å². The van der Waals surface area contributed by atoms with Crippen molar-refractivity contribution in [3.05, 3.63) is 47.6 Å². The smallest absolute Gasteiger partial charge is 0.360 e. The van der Waals surface area contributed by atoms with Crippen LogP contribution >= 0.6 is 0 Å². The number of aromatic nitrogens is 2. The second-order valence-electron chi connectivity index (χ2n) is 4.18. The van der Waals surface area contributed by atoms with E-state index >= 15 is 0 Å². The lowest BCUT2D eigenvalue weighted by molar-refractivity contribution is 0.0514. The molecule has 2 aromatic heterocycles. The van der Waals surface area contributed by atoms with Crippen LogP contribution in [0.3, 0.4) is 0 Å². The molecule has 0 fully saturated rings. The summed E-state index contributed by atoms with van der Waals surface area (Å²) in [6, 6.07) is 5.56. The van der Waals surface area contributed by atoms with Gasteiger partial charge < -0.3 is 14.6 Å². The summed E-state index contributed by atoms with van der Waals surface area (Å²) in [7, 11) is 0. The minimum absolute atomic E-state index is 0.206. The number of nitrogens with one attached hydrogen (secondary N) is 1. The highest BCUT2D eigenvalue weighted by atomic mass is 16.5. The average molecular weight is 275 g/mol. The highest BCUT2D eigenvalue weighted by Crippen LogP contribution is 2.05. The molecule has 0 aromatic carbocycles. The van der Waals surface area contributed by atoms with Crippen molar-refractivity contribution in [2.24, 2.45) is 0 Å². The van der Waals surface area contributed by atoms with Crippen molar-refractivity contribution >= 4 is 5.97 Å². The Balaban J connectivity index is 1.73. The number of hydrogen-bond acceptors (Lipinski definition) is 6. The Hall–Kier alpha value is -2.21. The molecule has 0 unspecified atom stereocenters. The van der Waals surface area contributed by atoms with E-state index in [1.54, 1.807) is 25.4 Å². The third-order valence-electron chi connectivity index (χ3n) is 2.68. The quantitative estimate of drug-likeness (QED) is 0.610. The van der Waals surface area contributed by atoms with Crippen LogP contribution in [0.15, 0.2) is 35.1 Å². The Labute approximate surface area is 117 Å². The molecule has 106 valence electrons. The van der Waals surface area contributed by atoms with Crippen molar-refractivity contribution < 1.29 is 14.1 Å². The van der Waals surface area contributed by atoms with E-state index in [1.807, 2.05) is 12.1 Å². The van der Waals surface area contributed by atoms with E-state index in [9.17, 15) is 4.79 Å². The summed E-state index contributed by atoms with van der Waals surface area (Å²) in [5.41, 5.74) is 1.43. The summed E-state index contributed by atoms with van der Waals surface area (Å²) < 4.78 is 9.90. The molecule has 6 heteroatoms. The van der Waals surface area contributed by atoms with Crippen molar-refractivity contribution in [3.63, 3.8) is 0 Å². The molecule has 0 spiro atoms. The Morgan fingerprint density at radius 3 is 2.95 bits per heavy atom. The van der Waals surface area contributed by atoms with Crippen molar-refractivity contribution in [1.29, 1.82) is 0 Å². The Bertz CT molecular complexity index is 540. The lowest BCUT2D eigenvalue weighted by Crippen LogP contribution is -2.16. The fraction of sp³-hybridized carbons (Fsp3) is 0.357. The molecule has 0 radical (unpaired) electrons. The first-order valence-electron chi connectivity index (χ1n) is 6.52. The fourth-order valence-corrected chi connectivity index (χ4v) is 1.69. The second kappa shape index (κ2) is 7.40. The molecule has 0 aliphatic carbocycles. The van der Waals surface area contributed by atoms with Crippen molar-refractivity contribution in [2.45, 2.75) is 19.9 Å². The van der Waals surface area contributed by atoms with Crippen LogP contribution in [-0.2, 0) is 17.7 Å². The molecule has 0 saturated carbocycles. The standard InChI is InChI=1S/C14H17N3O3/c1-2-19-14(18)13-9-12(20-17-13)10-16-8-5-11-3-6-15-7-4-11/h3-4,6-7,9,16H,2,5,8,10H2,1H3. The fourth-order valence-electron chi connectivity index (χ4n) is 1.69. The third-order valence-corrected chi connectivity index (χ3v) is 2.68. The summed E-state index contributed by atoms with van der Waals surface area (Å²) in [5, 5.41) is 6.90. The van der Waals surface area contributed by atoms with Gasteiger partial charge in [0.2, 0.25) is 0 Å². The van der Waals surface area contributed by atoms with Crippen LogP contribution in [0, 0.1) is 0 Å². The zero-order valence-electron chi connectivity index (χ0n) is 11.3. The average Bonchev–Trinajstić information content (AvgIpc) is 2.94. The van der Waals surface area contributed by atoms with Crippen LogP contribution in [0.25, 0.3) is 0 Å². The maximum absolute atomic E-state index is 11.4. The molecule has 0 saturated heterocycles. The normalized spacial score (nSPS) is 10.4. The zero-order valence-corrected chi connectivity index (χ0v) is 11.3. The molecular formula is C14H17N3O3. The van der Waals surface area contributed by atoms with E-state index in [2.05, 4.69) is 15.5 Å². The number of nitrogens with zero attached hydrogens (tertiary/aromatic N) is 2. The predicted molar refractivity (Wildman–Crippen MR) is 72.1 cm³/mol. The Morgan fingerprint density at radius 2 is 2.20 bits per heavy atom. The number of hydrogen-bond donors (Lipinski definition) is 1. The van der Waals surface area contributed by atoms with Crippen LogP contribution in [0.5, 0.6) is 0 Å². The first-order valence-corrected chi connectivity index (χ1v) is 6.52. The number of rotatable bonds is 7. The van der Waals surface area contributed by atoms with E-state index in [4.69, 9.17) is 9.26 Å².